The molecule has 3 nitrogen and oxygen atoms in total. The van der Waals surface area contributed by atoms with Gasteiger partial charge in [0, 0.05) is 21.7 Å². The van der Waals surface area contributed by atoms with Crippen molar-refractivity contribution in [3.05, 3.63) is 28.1 Å². The monoisotopic (exact) mass is 308 g/mol. The number of hydrogen-bond acceptors (Lipinski definition) is 3. The van der Waals surface area contributed by atoms with E-state index < -0.39 is 0 Å². The van der Waals surface area contributed by atoms with Crippen molar-refractivity contribution >= 4 is 44.6 Å². The molecule has 0 aliphatic heterocycles. The van der Waals surface area contributed by atoms with Crippen molar-refractivity contribution in [2.75, 3.05) is 12.3 Å². The molecular weight excluding hydrogens is 292 g/mol. The lowest BCUT2D eigenvalue weighted by molar-refractivity contribution is 0.0957. The quantitative estimate of drug-likeness (QED) is 0.818. The van der Waals surface area contributed by atoms with Gasteiger partial charge in [-0.05, 0) is 37.0 Å². The van der Waals surface area contributed by atoms with Gasteiger partial charge in [-0.15, -0.1) is 11.3 Å². The second-order valence-electron chi connectivity index (χ2n) is 5.33. The van der Waals surface area contributed by atoms with Gasteiger partial charge in [0.15, 0.2) is 0 Å². The van der Waals surface area contributed by atoms with E-state index in [1.165, 1.54) is 30.6 Å². The first-order valence-corrected chi connectivity index (χ1v) is 8.10. The summed E-state index contributed by atoms with van der Waals surface area (Å²) in [4.78, 5) is 12.8. The van der Waals surface area contributed by atoms with E-state index in [2.05, 4.69) is 5.32 Å². The van der Waals surface area contributed by atoms with E-state index >= 15 is 0 Å². The van der Waals surface area contributed by atoms with E-state index in [9.17, 15) is 4.79 Å². The molecule has 5 heteroatoms. The highest BCUT2D eigenvalue weighted by molar-refractivity contribution is 7.21. The van der Waals surface area contributed by atoms with Crippen molar-refractivity contribution in [3.63, 3.8) is 0 Å². The molecule has 3 rings (SSSR count). The number of nitrogens with one attached hydrogen (secondary N) is 1. The third-order valence-electron chi connectivity index (χ3n) is 3.67. The Morgan fingerprint density at radius 3 is 3.00 bits per heavy atom. The average Bonchev–Trinajstić information content (AvgIpc) is 3.20. The Morgan fingerprint density at radius 1 is 1.45 bits per heavy atom. The minimum absolute atomic E-state index is 0.0735. The summed E-state index contributed by atoms with van der Waals surface area (Å²) in [5, 5.41) is 4.46. The summed E-state index contributed by atoms with van der Waals surface area (Å²) in [5.41, 5.74) is 6.60. The molecule has 1 aromatic carbocycles. The minimum Gasteiger partial charge on any atom is -0.397 e. The van der Waals surface area contributed by atoms with Gasteiger partial charge in [0.1, 0.15) is 4.88 Å². The van der Waals surface area contributed by atoms with E-state index in [1.54, 1.807) is 0 Å². The van der Waals surface area contributed by atoms with Gasteiger partial charge in [0.05, 0.1) is 5.69 Å². The first-order chi connectivity index (χ1) is 9.65. The lowest BCUT2D eigenvalue weighted by Crippen LogP contribution is -2.24. The van der Waals surface area contributed by atoms with Gasteiger partial charge >= 0.3 is 0 Å². The van der Waals surface area contributed by atoms with Crippen LogP contribution in [0.2, 0.25) is 5.02 Å². The van der Waals surface area contributed by atoms with Gasteiger partial charge in [0.25, 0.3) is 5.91 Å². The van der Waals surface area contributed by atoms with Crippen LogP contribution in [0.1, 0.15) is 35.4 Å². The molecule has 1 heterocycles. The second kappa shape index (κ2) is 5.62. The number of amides is 1. The van der Waals surface area contributed by atoms with Crippen LogP contribution in [0.25, 0.3) is 10.1 Å². The van der Waals surface area contributed by atoms with Gasteiger partial charge in [-0.25, -0.2) is 0 Å². The first-order valence-electron chi connectivity index (χ1n) is 6.91. The number of carbonyl (C=O) groups is 1. The highest BCUT2D eigenvalue weighted by Crippen LogP contribution is 2.35. The highest BCUT2D eigenvalue weighted by atomic mass is 35.5. The van der Waals surface area contributed by atoms with Crippen molar-refractivity contribution < 1.29 is 4.79 Å². The number of benzene rings is 1. The molecule has 1 saturated carbocycles. The van der Waals surface area contributed by atoms with Gasteiger partial charge in [-0.1, -0.05) is 24.4 Å². The molecule has 0 radical (unpaired) electrons. The standard InChI is InChI=1S/C15H17ClN2OS/c16-10-5-6-12-11(8-10)13(17)14(20-12)15(19)18-7-1-2-9-3-4-9/h5-6,8-9H,1-4,7,17H2,(H,18,19). The lowest BCUT2D eigenvalue weighted by atomic mass is 10.2. The molecule has 106 valence electrons. The Labute approximate surface area is 127 Å². The fraction of sp³-hybridized carbons (Fsp3) is 0.400. The van der Waals surface area contributed by atoms with Crippen molar-refractivity contribution in [2.24, 2.45) is 5.92 Å². The molecule has 1 aliphatic rings. The van der Waals surface area contributed by atoms with Crippen LogP contribution >= 0.6 is 22.9 Å². The molecular formula is C15H17ClN2OS. The summed E-state index contributed by atoms with van der Waals surface area (Å²) < 4.78 is 0.995. The molecule has 0 atom stereocenters. The summed E-state index contributed by atoms with van der Waals surface area (Å²) in [6, 6.07) is 5.53. The van der Waals surface area contributed by atoms with Gasteiger partial charge in [-0.2, -0.15) is 0 Å². The highest BCUT2D eigenvalue weighted by Gasteiger charge is 2.20. The first kappa shape index (κ1) is 13.7. The van der Waals surface area contributed by atoms with Crippen molar-refractivity contribution in [1.82, 2.24) is 5.32 Å². The van der Waals surface area contributed by atoms with Crippen LogP contribution in [0.4, 0.5) is 5.69 Å². The summed E-state index contributed by atoms with van der Waals surface area (Å²) in [6.07, 6.45) is 4.99. The predicted molar refractivity (Wildman–Crippen MR) is 85.5 cm³/mol. The largest absolute Gasteiger partial charge is 0.397 e. The number of anilines is 1. The Hall–Kier alpha value is -1.26. The molecule has 3 N–H and O–H groups in total. The van der Waals surface area contributed by atoms with Gasteiger partial charge < -0.3 is 11.1 Å². The Bertz CT molecular complexity index is 649. The van der Waals surface area contributed by atoms with Crippen LogP contribution in [0.5, 0.6) is 0 Å². The van der Waals surface area contributed by atoms with Crippen molar-refractivity contribution in [1.29, 1.82) is 0 Å². The maximum atomic E-state index is 12.2. The normalized spacial score (nSPS) is 14.7. The number of halogens is 1. The number of carbonyl (C=O) groups excluding carboxylic acids is 1. The number of nitrogens with two attached hydrogens (primary N) is 1. The number of hydrogen-bond donors (Lipinski definition) is 2. The number of nitrogen functional groups attached to an aromatic ring is 1. The van der Waals surface area contributed by atoms with E-state index in [0.29, 0.717) is 15.6 Å². The number of thiophene rings is 1. The molecule has 1 aliphatic carbocycles. The molecule has 0 unspecified atom stereocenters. The smallest absolute Gasteiger partial charge is 0.263 e. The van der Waals surface area contributed by atoms with Crippen LogP contribution in [0, 0.1) is 5.92 Å². The molecule has 0 spiro atoms. The zero-order chi connectivity index (χ0) is 14.1. The zero-order valence-corrected chi connectivity index (χ0v) is 12.7. The molecule has 1 amide bonds. The van der Waals surface area contributed by atoms with Crippen molar-refractivity contribution in [3.8, 4) is 0 Å². The topological polar surface area (TPSA) is 55.1 Å². The maximum Gasteiger partial charge on any atom is 0.263 e. The zero-order valence-electron chi connectivity index (χ0n) is 11.1. The molecule has 0 bridgehead atoms. The van der Waals surface area contributed by atoms with E-state index in [4.69, 9.17) is 17.3 Å². The van der Waals surface area contributed by atoms with E-state index in [-0.39, 0.29) is 5.91 Å². The van der Waals surface area contributed by atoms with E-state index in [0.717, 1.165) is 29.0 Å². The third kappa shape index (κ3) is 2.91. The second-order valence-corrected chi connectivity index (χ2v) is 6.82. The van der Waals surface area contributed by atoms with Crippen LogP contribution in [0.15, 0.2) is 18.2 Å². The van der Waals surface area contributed by atoms with Crippen LogP contribution in [-0.4, -0.2) is 12.5 Å². The summed E-state index contributed by atoms with van der Waals surface area (Å²) in [5.74, 6) is 0.832. The molecule has 1 aromatic heterocycles. The summed E-state index contributed by atoms with van der Waals surface area (Å²) in [7, 11) is 0. The predicted octanol–water partition coefficient (Wildman–Crippen LogP) is 4.06. The minimum atomic E-state index is -0.0735. The SMILES string of the molecule is Nc1c(C(=O)NCCCC2CC2)sc2ccc(Cl)cc12. The van der Waals surface area contributed by atoms with Gasteiger partial charge in [0.2, 0.25) is 0 Å². The van der Waals surface area contributed by atoms with Crippen LogP contribution < -0.4 is 11.1 Å². The Balaban J connectivity index is 1.68. The number of fused-ring (bicyclic) bond motifs is 1. The van der Waals surface area contributed by atoms with E-state index in [1.807, 2.05) is 18.2 Å². The van der Waals surface area contributed by atoms with Crippen LogP contribution in [0.3, 0.4) is 0 Å². The Kier molecular flexibility index (Phi) is 3.85. The third-order valence-corrected chi connectivity index (χ3v) is 5.09. The molecule has 2 aromatic rings. The fourth-order valence-electron chi connectivity index (χ4n) is 2.34. The lowest BCUT2D eigenvalue weighted by Gasteiger charge is -2.03. The van der Waals surface area contributed by atoms with Crippen molar-refractivity contribution in [2.45, 2.75) is 25.7 Å². The summed E-state index contributed by atoms with van der Waals surface area (Å²) >= 11 is 7.39. The Morgan fingerprint density at radius 2 is 2.25 bits per heavy atom. The maximum absolute atomic E-state index is 12.2. The van der Waals surface area contributed by atoms with Gasteiger partial charge in [-0.3, -0.25) is 4.79 Å². The average molecular weight is 309 g/mol. The van der Waals surface area contributed by atoms with Crippen LogP contribution in [-0.2, 0) is 0 Å². The summed E-state index contributed by atoms with van der Waals surface area (Å²) in [6.45, 7) is 0.726. The molecule has 20 heavy (non-hydrogen) atoms. The fourth-order valence-corrected chi connectivity index (χ4v) is 3.53. The molecule has 0 saturated heterocycles. The molecule has 1 fully saturated rings. The number of rotatable bonds is 5.